The minimum atomic E-state index is -2.30. The molecule has 0 saturated heterocycles. The molecule has 0 heterocycles. The molecule has 5 aliphatic carbocycles. The van der Waals surface area contributed by atoms with Gasteiger partial charge in [-0.1, -0.05) is 39.2 Å². The van der Waals surface area contributed by atoms with Crippen molar-refractivity contribution in [3.63, 3.8) is 0 Å². The fraction of sp³-hybridized carbons (Fsp3) is 0.759. The maximum atomic E-state index is 17.4. The van der Waals surface area contributed by atoms with Gasteiger partial charge in [-0.25, -0.2) is 13.2 Å². The van der Waals surface area contributed by atoms with E-state index in [9.17, 15) is 23.9 Å². The van der Waals surface area contributed by atoms with Gasteiger partial charge in [0.2, 0.25) is 5.12 Å². The summed E-state index contributed by atoms with van der Waals surface area (Å²) < 4.78 is 52.9. The lowest BCUT2D eigenvalue weighted by Gasteiger charge is -2.63. The summed E-state index contributed by atoms with van der Waals surface area (Å²) in [7, 11) is 0. The van der Waals surface area contributed by atoms with Crippen LogP contribution in [-0.2, 0) is 19.1 Å². The number of ether oxygens (including phenoxy) is 1. The fourth-order valence-corrected chi connectivity index (χ4v) is 9.74. The molecule has 0 amide bonds. The van der Waals surface area contributed by atoms with E-state index >= 15 is 8.78 Å². The SMILES string of the molecule is CC1C[C@H]2[C@@H]3CC(F)C4=CC(=O)C=C[C@]4(C)C3(F)C(O)C[C@]2(C)C1(OC(=O)C1CCCCC1)C(=O)SCF. The molecule has 0 aromatic carbocycles. The van der Waals surface area contributed by atoms with Crippen molar-refractivity contribution in [3.8, 4) is 0 Å². The molecular formula is C29H37F3O5S. The Balaban J connectivity index is 1.59. The lowest BCUT2D eigenvalue weighted by molar-refractivity contribution is -0.230. The second kappa shape index (κ2) is 9.50. The number of alkyl halides is 3. The van der Waals surface area contributed by atoms with Gasteiger partial charge < -0.3 is 9.84 Å². The van der Waals surface area contributed by atoms with E-state index in [1.165, 1.54) is 19.1 Å². The highest BCUT2D eigenvalue weighted by molar-refractivity contribution is 8.13. The van der Waals surface area contributed by atoms with Gasteiger partial charge in [0, 0.05) is 22.7 Å². The number of ketones is 1. The number of fused-ring (bicyclic) bond motifs is 5. The van der Waals surface area contributed by atoms with Gasteiger partial charge >= 0.3 is 5.97 Å². The monoisotopic (exact) mass is 554 g/mol. The molecule has 0 aliphatic heterocycles. The Bertz CT molecular complexity index is 1090. The van der Waals surface area contributed by atoms with Crippen LogP contribution in [0.25, 0.3) is 0 Å². The van der Waals surface area contributed by atoms with Crippen LogP contribution in [0.1, 0.15) is 72.1 Å². The van der Waals surface area contributed by atoms with Gasteiger partial charge in [-0.2, -0.15) is 0 Å². The Morgan fingerprint density at radius 1 is 1.16 bits per heavy atom. The van der Waals surface area contributed by atoms with Crippen LogP contribution in [0.15, 0.2) is 23.8 Å². The Kier molecular flexibility index (Phi) is 6.98. The molecule has 0 radical (unpaired) electrons. The van der Waals surface area contributed by atoms with Crippen LogP contribution in [-0.4, -0.2) is 51.5 Å². The predicted molar refractivity (Wildman–Crippen MR) is 137 cm³/mol. The molecule has 4 fully saturated rings. The van der Waals surface area contributed by atoms with E-state index in [4.69, 9.17) is 4.74 Å². The Hall–Kier alpha value is -1.61. The van der Waals surface area contributed by atoms with Crippen molar-refractivity contribution < 1.29 is 37.4 Å². The van der Waals surface area contributed by atoms with Gasteiger partial charge in [0.05, 0.1) is 12.0 Å². The number of esters is 1. The summed E-state index contributed by atoms with van der Waals surface area (Å²) >= 11 is 0.432. The molecule has 1 N–H and O–H groups in total. The summed E-state index contributed by atoms with van der Waals surface area (Å²) in [5.74, 6) is -3.50. The standard InChI is InChI=1S/C29H37F3O5S/c1-16-11-19-20-13-22(31)21-12-18(33)9-10-26(21,2)28(20,32)23(34)14-27(19,3)29(16,25(36)38-15-30)37-24(35)17-7-5-4-6-8-17/h9-10,12,16-17,19-20,22-23,34H,4-8,11,13-15H2,1-3H3/t16?,19-,20-,22?,23?,26-,27-,28?,29?/m0/s1. The third-order valence-electron chi connectivity index (χ3n) is 10.9. The van der Waals surface area contributed by atoms with E-state index in [1.807, 2.05) is 0 Å². The first-order valence-electron chi connectivity index (χ1n) is 13.8. The van der Waals surface area contributed by atoms with Crippen LogP contribution in [0, 0.1) is 34.5 Å². The maximum absolute atomic E-state index is 17.4. The molecular weight excluding hydrogens is 517 g/mol. The fourth-order valence-electron chi connectivity index (χ4n) is 8.95. The van der Waals surface area contributed by atoms with Crippen molar-refractivity contribution in [1.29, 1.82) is 0 Å². The molecule has 210 valence electrons. The molecule has 5 unspecified atom stereocenters. The van der Waals surface area contributed by atoms with Crippen LogP contribution in [0.4, 0.5) is 13.2 Å². The predicted octanol–water partition coefficient (Wildman–Crippen LogP) is 5.60. The van der Waals surface area contributed by atoms with Crippen LogP contribution < -0.4 is 0 Å². The molecule has 9 atom stereocenters. The summed E-state index contributed by atoms with van der Waals surface area (Å²) in [5.41, 5.74) is -6.83. The number of carbonyl (C=O) groups is 3. The molecule has 9 heteroatoms. The van der Waals surface area contributed by atoms with Crippen molar-refractivity contribution in [3.05, 3.63) is 23.8 Å². The van der Waals surface area contributed by atoms with Crippen molar-refractivity contribution >= 4 is 28.6 Å². The molecule has 0 spiro atoms. The average Bonchev–Trinajstić information content (AvgIpc) is 3.10. The van der Waals surface area contributed by atoms with Gasteiger partial charge in [0.15, 0.2) is 17.1 Å². The number of allylic oxidation sites excluding steroid dienone is 4. The van der Waals surface area contributed by atoms with Crippen molar-refractivity contribution in [2.45, 2.75) is 95.7 Å². The Morgan fingerprint density at radius 3 is 2.50 bits per heavy atom. The van der Waals surface area contributed by atoms with Crippen molar-refractivity contribution in [2.24, 2.45) is 34.5 Å². The number of aliphatic hydroxyl groups is 1. The van der Waals surface area contributed by atoms with Gasteiger partial charge in [0.1, 0.15) is 12.2 Å². The molecule has 0 aromatic heterocycles. The van der Waals surface area contributed by atoms with Gasteiger partial charge in [0.25, 0.3) is 0 Å². The van der Waals surface area contributed by atoms with E-state index in [0.29, 0.717) is 24.6 Å². The number of hydrogen-bond acceptors (Lipinski definition) is 6. The topological polar surface area (TPSA) is 80.7 Å². The zero-order valence-corrected chi connectivity index (χ0v) is 23.0. The highest BCUT2D eigenvalue weighted by Gasteiger charge is 2.78. The summed E-state index contributed by atoms with van der Waals surface area (Å²) in [6, 6.07) is -1.01. The maximum Gasteiger partial charge on any atom is 0.309 e. The largest absolute Gasteiger partial charge is 0.449 e. The zero-order valence-electron chi connectivity index (χ0n) is 22.2. The normalized spacial score (nSPS) is 46.6. The second-order valence-electron chi connectivity index (χ2n) is 12.5. The first-order chi connectivity index (χ1) is 17.9. The lowest BCUT2D eigenvalue weighted by Crippen LogP contribution is -2.70. The molecule has 5 aliphatic rings. The molecule has 4 saturated carbocycles. The second-order valence-corrected chi connectivity index (χ2v) is 13.4. The number of carbonyl (C=O) groups excluding carboxylic acids is 3. The van der Waals surface area contributed by atoms with Crippen LogP contribution >= 0.6 is 11.8 Å². The lowest BCUT2D eigenvalue weighted by atomic mass is 9.44. The van der Waals surface area contributed by atoms with Crippen LogP contribution in [0.2, 0.25) is 0 Å². The minimum absolute atomic E-state index is 0.0245. The summed E-state index contributed by atoms with van der Waals surface area (Å²) in [5, 5.41) is 10.9. The number of rotatable bonds is 4. The van der Waals surface area contributed by atoms with Crippen molar-refractivity contribution in [1.82, 2.24) is 0 Å². The van der Waals surface area contributed by atoms with Crippen LogP contribution in [0.3, 0.4) is 0 Å². The third kappa shape index (κ3) is 3.59. The quantitative estimate of drug-likeness (QED) is 0.456. The molecule has 5 rings (SSSR count). The van der Waals surface area contributed by atoms with E-state index in [0.717, 1.165) is 25.3 Å². The van der Waals surface area contributed by atoms with Gasteiger partial charge in [-0.05, 0) is 74.4 Å². The van der Waals surface area contributed by atoms with Crippen molar-refractivity contribution in [2.75, 3.05) is 6.01 Å². The minimum Gasteiger partial charge on any atom is -0.449 e. The van der Waals surface area contributed by atoms with Crippen LogP contribution in [0.5, 0.6) is 0 Å². The summed E-state index contributed by atoms with van der Waals surface area (Å²) in [6.07, 6.45) is 4.34. The highest BCUT2D eigenvalue weighted by Crippen LogP contribution is 2.72. The van der Waals surface area contributed by atoms with E-state index in [2.05, 4.69) is 0 Å². The zero-order chi connectivity index (χ0) is 27.7. The Labute approximate surface area is 226 Å². The molecule has 38 heavy (non-hydrogen) atoms. The third-order valence-corrected chi connectivity index (χ3v) is 11.5. The smallest absolute Gasteiger partial charge is 0.309 e. The first-order valence-corrected chi connectivity index (χ1v) is 14.8. The van der Waals surface area contributed by atoms with E-state index in [1.54, 1.807) is 13.8 Å². The number of thioether (sulfide) groups is 1. The highest BCUT2D eigenvalue weighted by atomic mass is 32.2. The molecule has 5 nitrogen and oxygen atoms in total. The molecule has 0 aromatic rings. The van der Waals surface area contributed by atoms with Gasteiger partial charge in [-0.15, -0.1) is 0 Å². The average molecular weight is 555 g/mol. The number of halogens is 3. The number of hydrogen-bond donors (Lipinski definition) is 1. The summed E-state index contributed by atoms with van der Waals surface area (Å²) in [6.45, 7) is 4.99. The van der Waals surface area contributed by atoms with Gasteiger partial charge in [-0.3, -0.25) is 14.4 Å². The molecule has 0 bridgehead atoms. The number of aliphatic hydroxyl groups excluding tert-OH is 1. The van der Waals surface area contributed by atoms with E-state index in [-0.39, 0.29) is 30.8 Å². The first kappa shape index (κ1) is 27.9. The summed E-state index contributed by atoms with van der Waals surface area (Å²) in [4.78, 5) is 39.2. The van der Waals surface area contributed by atoms with E-state index < -0.39 is 75.0 Å². The Morgan fingerprint density at radius 2 is 1.84 bits per heavy atom.